The molecule has 3 rings (SSSR count). The zero-order chi connectivity index (χ0) is 17.5. The average Bonchev–Trinajstić information content (AvgIpc) is 2.90. The van der Waals surface area contributed by atoms with Gasteiger partial charge in [0.05, 0.1) is 11.6 Å². The first kappa shape index (κ1) is 23.3. The first-order valence-corrected chi connectivity index (χ1v) is 9.32. The fourth-order valence-corrected chi connectivity index (χ4v) is 4.01. The van der Waals surface area contributed by atoms with Gasteiger partial charge in [0.15, 0.2) is 0 Å². The molecule has 1 aliphatic heterocycles. The molecular weight excluding hydrogens is 371 g/mol. The van der Waals surface area contributed by atoms with E-state index in [0.29, 0.717) is 0 Å². The molecular formula is C19H34Cl2N4O. The van der Waals surface area contributed by atoms with E-state index in [1.807, 2.05) is 6.92 Å². The number of carbonyl (C=O) groups is 1. The summed E-state index contributed by atoms with van der Waals surface area (Å²) in [6.45, 7) is 9.41. The maximum absolute atomic E-state index is 12.7. The van der Waals surface area contributed by atoms with Crippen LogP contribution in [0.2, 0.25) is 0 Å². The fourth-order valence-electron chi connectivity index (χ4n) is 4.01. The van der Waals surface area contributed by atoms with Gasteiger partial charge in [-0.1, -0.05) is 33.6 Å². The Labute approximate surface area is 169 Å². The Balaban J connectivity index is 0.00000169. The van der Waals surface area contributed by atoms with Crippen LogP contribution in [0.15, 0.2) is 6.20 Å². The molecule has 1 aliphatic carbocycles. The smallest absolute Gasteiger partial charge is 0.225 e. The number of fused-ring (bicyclic) bond motifs is 1. The number of aryl methyl sites for hydroxylation is 1. The molecule has 3 atom stereocenters. The molecule has 1 aromatic rings. The molecule has 7 heteroatoms. The quantitative estimate of drug-likeness (QED) is 0.793. The number of halogens is 2. The highest BCUT2D eigenvalue weighted by Crippen LogP contribution is 2.32. The van der Waals surface area contributed by atoms with E-state index in [1.165, 1.54) is 0 Å². The first-order chi connectivity index (χ1) is 11.2. The molecule has 3 unspecified atom stereocenters. The molecule has 1 fully saturated rings. The van der Waals surface area contributed by atoms with Gasteiger partial charge in [0, 0.05) is 36.2 Å². The molecule has 0 aromatic carbocycles. The van der Waals surface area contributed by atoms with Crippen LogP contribution in [0.4, 0.5) is 0 Å². The van der Waals surface area contributed by atoms with E-state index in [2.05, 4.69) is 36.9 Å². The van der Waals surface area contributed by atoms with Gasteiger partial charge in [0.2, 0.25) is 5.91 Å². The Bertz CT molecular complexity index is 622. The first-order valence-electron chi connectivity index (χ1n) is 9.32. The van der Waals surface area contributed by atoms with Crippen molar-refractivity contribution in [3.63, 3.8) is 0 Å². The third-order valence-electron chi connectivity index (χ3n) is 5.68. The molecule has 0 saturated heterocycles. The topological polar surface area (TPSA) is 72.9 Å². The normalized spacial score (nSPS) is 28.3. The maximum Gasteiger partial charge on any atom is 0.225 e. The third kappa shape index (κ3) is 4.93. The molecule has 0 bridgehead atoms. The Morgan fingerprint density at radius 1 is 1.31 bits per heavy atom. The minimum Gasteiger partial charge on any atom is -0.351 e. The second-order valence-electron chi connectivity index (χ2n) is 8.99. The number of nitrogens with two attached hydrogens (primary N) is 1. The van der Waals surface area contributed by atoms with Crippen LogP contribution in [-0.4, -0.2) is 27.0 Å². The van der Waals surface area contributed by atoms with Gasteiger partial charge in [-0.05, 0) is 26.2 Å². The van der Waals surface area contributed by atoms with Gasteiger partial charge >= 0.3 is 0 Å². The van der Waals surface area contributed by atoms with E-state index in [4.69, 9.17) is 10.7 Å². The van der Waals surface area contributed by atoms with Crippen molar-refractivity contribution >= 4 is 30.7 Å². The molecule has 1 aromatic heterocycles. The number of nitrogens with one attached hydrogen (secondary N) is 1. The second kappa shape index (κ2) is 8.49. The van der Waals surface area contributed by atoms with Gasteiger partial charge < -0.3 is 15.6 Å². The summed E-state index contributed by atoms with van der Waals surface area (Å²) in [5.41, 5.74) is 7.21. The zero-order valence-corrected chi connectivity index (χ0v) is 18.0. The lowest BCUT2D eigenvalue weighted by molar-refractivity contribution is -0.129. The predicted octanol–water partition coefficient (Wildman–Crippen LogP) is 3.36. The molecule has 0 spiro atoms. The van der Waals surface area contributed by atoms with Gasteiger partial charge in [0.1, 0.15) is 5.82 Å². The predicted molar refractivity (Wildman–Crippen MR) is 110 cm³/mol. The summed E-state index contributed by atoms with van der Waals surface area (Å²) >= 11 is 0. The second-order valence-corrected chi connectivity index (χ2v) is 8.99. The van der Waals surface area contributed by atoms with Crippen molar-refractivity contribution in [2.75, 3.05) is 0 Å². The van der Waals surface area contributed by atoms with Gasteiger partial charge in [-0.15, -0.1) is 24.8 Å². The Kier molecular flexibility index (Phi) is 7.59. The van der Waals surface area contributed by atoms with Gasteiger partial charge in [0.25, 0.3) is 0 Å². The highest BCUT2D eigenvalue weighted by molar-refractivity contribution is 5.85. The molecule has 1 saturated carbocycles. The summed E-state index contributed by atoms with van der Waals surface area (Å²) in [6, 6.07) is 0.185. The Morgan fingerprint density at radius 3 is 2.62 bits per heavy atom. The van der Waals surface area contributed by atoms with E-state index in [-0.39, 0.29) is 53.6 Å². The van der Waals surface area contributed by atoms with E-state index < -0.39 is 0 Å². The van der Waals surface area contributed by atoms with Gasteiger partial charge in [-0.3, -0.25) is 4.79 Å². The van der Waals surface area contributed by atoms with Crippen LogP contribution in [0, 0.1) is 5.92 Å². The lowest BCUT2D eigenvalue weighted by Gasteiger charge is -2.38. The lowest BCUT2D eigenvalue weighted by Crippen LogP contribution is -2.55. The monoisotopic (exact) mass is 404 g/mol. The molecule has 0 radical (unpaired) electrons. The summed E-state index contributed by atoms with van der Waals surface area (Å²) in [5.74, 6) is 1.23. The van der Waals surface area contributed by atoms with Crippen molar-refractivity contribution in [1.29, 1.82) is 0 Å². The number of carbonyl (C=O) groups excluding carboxylic acids is 1. The average molecular weight is 405 g/mol. The maximum atomic E-state index is 12.7. The minimum absolute atomic E-state index is 0. The van der Waals surface area contributed by atoms with Crippen LogP contribution in [-0.2, 0) is 23.2 Å². The van der Waals surface area contributed by atoms with Crippen LogP contribution in [0.1, 0.15) is 71.3 Å². The molecule has 2 heterocycles. The van der Waals surface area contributed by atoms with E-state index in [1.54, 1.807) is 0 Å². The summed E-state index contributed by atoms with van der Waals surface area (Å²) in [5, 5.41) is 3.27. The SMILES string of the molecule is CC(C)(C)c1cn2c(n1)CCC(NC(=O)C1CCCCC1(C)N)C2.Cl.Cl. The minimum atomic E-state index is -0.365. The molecule has 1 amide bonds. The fraction of sp³-hybridized carbons (Fsp3) is 0.789. The summed E-state index contributed by atoms with van der Waals surface area (Å²) in [4.78, 5) is 17.5. The molecule has 150 valence electrons. The van der Waals surface area contributed by atoms with E-state index in [0.717, 1.165) is 56.6 Å². The van der Waals surface area contributed by atoms with Crippen molar-refractivity contribution in [2.24, 2.45) is 11.7 Å². The lowest BCUT2D eigenvalue weighted by atomic mass is 9.74. The largest absolute Gasteiger partial charge is 0.351 e. The van der Waals surface area contributed by atoms with Crippen molar-refractivity contribution in [1.82, 2.24) is 14.9 Å². The number of amides is 1. The molecule has 3 N–H and O–H groups in total. The summed E-state index contributed by atoms with van der Waals surface area (Å²) in [7, 11) is 0. The van der Waals surface area contributed by atoms with Crippen LogP contribution in [0.3, 0.4) is 0 Å². The van der Waals surface area contributed by atoms with Crippen molar-refractivity contribution in [3.8, 4) is 0 Å². The van der Waals surface area contributed by atoms with Crippen LogP contribution >= 0.6 is 24.8 Å². The standard InChI is InChI=1S/C19H32N4O.2ClH/c1-18(2,3)15-12-23-11-13(8-9-16(23)22-15)21-17(24)14-7-5-6-10-19(14,4)20;;/h12-14H,5-11,20H2,1-4H3,(H,21,24);2*1H. The summed E-state index contributed by atoms with van der Waals surface area (Å²) in [6.07, 6.45) is 8.13. The van der Waals surface area contributed by atoms with Crippen LogP contribution in [0.5, 0.6) is 0 Å². The van der Waals surface area contributed by atoms with Crippen molar-refractivity contribution in [2.45, 2.75) is 89.8 Å². The number of hydrogen-bond donors (Lipinski definition) is 2. The van der Waals surface area contributed by atoms with Crippen molar-refractivity contribution in [3.05, 3.63) is 17.7 Å². The molecule has 5 nitrogen and oxygen atoms in total. The summed E-state index contributed by atoms with van der Waals surface area (Å²) < 4.78 is 2.22. The van der Waals surface area contributed by atoms with E-state index >= 15 is 0 Å². The third-order valence-corrected chi connectivity index (χ3v) is 5.68. The van der Waals surface area contributed by atoms with Crippen molar-refractivity contribution < 1.29 is 4.79 Å². The number of nitrogens with zero attached hydrogens (tertiary/aromatic N) is 2. The number of aromatic nitrogens is 2. The number of imidazole rings is 1. The highest BCUT2D eigenvalue weighted by Gasteiger charge is 2.38. The van der Waals surface area contributed by atoms with Crippen LogP contribution < -0.4 is 11.1 Å². The zero-order valence-electron chi connectivity index (χ0n) is 16.4. The molecule has 26 heavy (non-hydrogen) atoms. The van der Waals surface area contributed by atoms with Gasteiger partial charge in [-0.2, -0.15) is 0 Å². The highest BCUT2D eigenvalue weighted by atomic mass is 35.5. The Hall–Kier alpha value is -0.780. The Morgan fingerprint density at radius 2 is 2.00 bits per heavy atom. The number of rotatable bonds is 2. The van der Waals surface area contributed by atoms with E-state index in [9.17, 15) is 4.79 Å². The van der Waals surface area contributed by atoms with Gasteiger partial charge in [-0.25, -0.2) is 4.98 Å². The molecule has 2 aliphatic rings. The van der Waals surface area contributed by atoms with Crippen LogP contribution in [0.25, 0.3) is 0 Å². The number of hydrogen-bond acceptors (Lipinski definition) is 3.